The zero-order valence-electron chi connectivity index (χ0n) is 15.7. The molecule has 6 nitrogen and oxygen atoms in total. The van der Waals surface area contributed by atoms with Gasteiger partial charge in [-0.3, -0.25) is 9.59 Å². The highest BCUT2D eigenvalue weighted by Crippen LogP contribution is 2.17. The second-order valence-electron chi connectivity index (χ2n) is 6.27. The van der Waals surface area contributed by atoms with Crippen molar-refractivity contribution in [2.75, 3.05) is 39.9 Å². The Bertz CT molecular complexity index is 779. The van der Waals surface area contributed by atoms with E-state index in [0.717, 1.165) is 11.5 Å². The van der Waals surface area contributed by atoms with Crippen molar-refractivity contribution >= 4 is 11.8 Å². The van der Waals surface area contributed by atoms with Crippen LogP contribution in [0.5, 0.6) is 11.5 Å². The fourth-order valence-electron chi connectivity index (χ4n) is 3.07. The first-order chi connectivity index (χ1) is 13.1. The second kappa shape index (κ2) is 8.58. The molecule has 2 aromatic carbocycles. The summed E-state index contributed by atoms with van der Waals surface area (Å²) in [5.41, 5.74) is 1.26. The summed E-state index contributed by atoms with van der Waals surface area (Å²) in [5.74, 6) is 1.43. The monoisotopic (exact) mass is 368 g/mol. The predicted octanol–water partition coefficient (Wildman–Crippen LogP) is 2.69. The van der Waals surface area contributed by atoms with Crippen LogP contribution in [0, 0.1) is 0 Å². The van der Waals surface area contributed by atoms with Crippen LogP contribution < -0.4 is 9.47 Å². The Hall–Kier alpha value is -3.02. The minimum absolute atomic E-state index is 0.0189. The zero-order chi connectivity index (χ0) is 19.2. The number of rotatable bonds is 5. The number of piperazine rings is 1. The van der Waals surface area contributed by atoms with Crippen molar-refractivity contribution in [2.45, 2.75) is 6.92 Å². The van der Waals surface area contributed by atoms with Crippen molar-refractivity contribution in [3.8, 4) is 11.5 Å². The van der Waals surface area contributed by atoms with Gasteiger partial charge in [-0.15, -0.1) is 0 Å². The van der Waals surface area contributed by atoms with Crippen LogP contribution in [0.25, 0.3) is 0 Å². The molecule has 0 spiro atoms. The Morgan fingerprint density at radius 2 is 1.19 bits per heavy atom. The van der Waals surface area contributed by atoms with E-state index in [2.05, 4.69) is 0 Å². The molecule has 2 aromatic rings. The largest absolute Gasteiger partial charge is 0.497 e. The summed E-state index contributed by atoms with van der Waals surface area (Å²) in [6.45, 7) is 4.60. The molecule has 0 radical (unpaired) electrons. The van der Waals surface area contributed by atoms with Gasteiger partial charge in [-0.2, -0.15) is 0 Å². The number of hydrogen-bond donors (Lipinski definition) is 0. The fraction of sp³-hybridized carbons (Fsp3) is 0.333. The van der Waals surface area contributed by atoms with Gasteiger partial charge in [0.25, 0.3) is 11.8 Å². The number of carbonyl (C=O) groups excluding carboxylic acids is 2. The zero-order valence-corrected chi connectivity index (χ0v) is 15.7. The molecule has 0 N–H and O–H groups in total. The van der Waals surface area contributed by atoms with Gasteiger partial charge in [0.2, 0.25) is 0 Å². The van der Waals surface area contributed by atoms with E-state index in [1.54, 1.807) is 65.4 Å². The van der Waals surface area contributed by atoms with Gasteiger partial charge in [-0.25, -0.2) is 0 Å². The van der Waals surface area contributed by atoms with Crippen LogP contribution in [0.15, 0.2) is 48.5 Å². The van der Waals surface area contributed by atoms with Crippen molar-refractivity contribution in [3.63, 3.8) is 0 Å². The van der Waals surface area contributed by atoms with E-state index in [1.165, 1.54) is 0 Å². The van der Waals surface area contributed by atoms with Crippen LogP contribution >= 0.6 is 0 Å². The molecule has 0 atom stereocenters. The highest BCUT2D eigenvalue weighted by Gasteiger charge is 2.25. The first-order valence-corrected chi connectivity index (χ1v) is 9.08. The van der Waals surface area contributed by atoms with Crippen LogP contribution in [0.1, 0.15) is 27.6 Å². The van der Waals surface area contributed by atoms with Crippen molar-refractivity contribution in [3.05, 3.63) is 59.7 Å². The molecule has 6 heteroatoms. The standard InChI is InChI=1S/C21H24N2O4/c1-3-27-19-10-6-17(7-11-19)21(25)23-14-12-22(13-15-23)20(24)16-4-8-18(26-2)9-5-16/h4-11H,3,12-15H2,1-2H3. The molecular weight excluding hydrogens is 344 g/mol. The van der Waals surface area contributed by atoms with E-state index in [9.17, 15) is 9.59 Å². The summed E-state index contributed by atoms with van der Waals surface area (Å²) in [7, 11) is 1.59. The Kier molecular flexibility index (Phi) is 5.96. The van der Waals surface area contributed by atoms with Gasteiger partial charge < -0.3 is 19.3 Å². The number of ether oxygens (including phenoxy) is 2. The SMILES string of the molecule is CCOc1ccc(C(=O)N2CCN(C(=O)c3ccc(OC)cc3)CC2)cc1. The molecule has 2 amide bonds. The highest BCUT2D eigenvalue weighted by atomic mass is 16.5. The van der Waals surface area contributed by atoms with Crippen molar-refractivity contribution in [2.24, 2.45) is 0 Å². The van der Waals surface area contributed by atoms with Gasteiger partial charge in [-0.05, 0) is 55.5 Å². The lowest BCUT2D eigenvalue weighted by molar-refractivity contribution is 0.0535. The first kappa shape index (κ1) is 18.8. The van der Waals surface area contributed by atoms with E-state index in [0.29, 0.717) is 43.9 Å². The Balaban J connectivity index is 1.57. The van der Waals surface area contributed by atoms with Crippen molar-refractivity contribution in [1.29, 1.82) is 0 Å². The molecule has 27 heavy (non-hydrogen) atoms. The Morgan fingerprint density at radius 1 is 0.778 bits per heavy atom. The maximum absolute atomic E-state index is 12.7. The molecular formula is C21H24N2O4. The average molecular weight is 368 g/mol. The Labute approximate surface area is 159 Å². The minimum atomic E-state index is -0.0224. The van der Waals surface area contributed by atoms with Crippen LogP contribution in [0.2, 0.25) is 0 Å². The maximum atomic E-state index is 12.7. The molecule has 1 heterocycles. The van der Waals surface area contributed by atoms with Crippen LogP contribution in [-0.2, 0) is 0 Å². The third kappa shape index (κ3) is 4.39. The molecule has 1 aliphatic rings. The number of hydrogen-bond acceptors (Lipinski definition) is 4. The van der Waals surface area contributed by atoms with Gasteiger partial charge in [0, 0.05) is 37.3 Å². The lowest BCUT2D eigenvalue weighted by Gasteiger charge is -2.35. The third-order valence-corrected chi connectivity index (χ3v) is 4.60. The van der Waals surface area contributed by atoms with Gasteiger partial charge in [0.1, 0.15) is 11.5 Å². The van der Waals surface area contributed by atoms with Gasteiger partial charge in [0.05, 0.1) is 13.7 Å². The molecule has 0 aliphatic carbocycles. The van der Waals surface area contributed by atoms with Gasteiger partial charge in [-0.1, -0.05) is 0 Å². The lowest BCUT2D eigenvalue weighted by Crippen LogP contribution is -2.50. The third-order valence-electron chi connectivity index (χ3n) is 4.60. The van der Waals surface area contributed by atoms with Crippen LogP contribution in [0.4, 0.5) is 0 Å². The van der Waals surface area contributed by atoms with Crippen molar-refractivity contribution < 1.29 is 19.1 Å². The Morgan fingerprint density at radius 3 is 1.56 bits per heavy atom. The topological polar surface area (TPSA) is 59.1 Å². The van der Waals surface area contributed by atoms with Gasteiger partial charge in [0.15, 0.2) is 0 Å². The number of carbonyl (C=O) groups is 2. The van der Waals surface area contributed by atoms with E-state index < -0.39 is 0 Å². The number of methoxy groups -OCH3 is 1. The van der Waals surface area contributed by atoms with E-state index in [4.69, 9.17) is 9.47 Å². The highest BCUT2D eigenvalue weighted by molar-refractivity contribution is 5.96. The normalized spacial score (nSPS) is 14.0. The van der Waals surface area contributed by atoms with Crippen LogP contribution in [0.3, 0.4) is 0 Å². The summed E-state index contributed by atoms with van der Waals surface area (Å²) in [6.07, 6.45) is 0. The molecule has 1 saturated heterocycles. The molecule has 0 bridgehead atoms. The summed E-state index contributed by atoms with van der Waals surface area (Å²) < 4.78 is 10.5. The lowest BCUT2D eigenvalue weighted by atomic mass is 10.1. The quantitative estimate of drug-likeness (QED) is 0.814. The number of benzene rings is 2. The van der Waals surface area contributed by atoms with Crippen LogP contribution in [-0.4, -0.2) is 61.5 Å². The molecule has 0 unspecified atom stereocenters. The number of nitrogens with zero attached hydrogens (tertiary/aromatic N) is 2. The van der Waals surface area contributed by atoms with E-state index in [-0.39, 0.29) is 11.8 Å². The van der Waals surface area contributed by atoms with Gasteiger partial charge >= 0.3 is 0 Å². The molecule has 0 aromatic heterocycles. The molecule has 3 rings (SSSR count). The summed E-state index contributed by atoms with van der Waals surface area (Å²) in [6, 6.07) is 14.2. The second-order valence-corrected chi connectivity index (χ2v) is 6.27. The smallest absolute Gasteiger partial charge is 0.253 e. The summed E-state index contributed by atoms with van der Waals surface area (Å²) in [5, 5.41) is 0. The molecule has 1 aliphatic heterocycles. The molecule has 1 fully saturated rings. The summed E-state index contributed by atoms with van der Waals surface area (Å²) >= 11 is 0. The van der Waals surface area contributed by atoms with E-state index in [1.807, 2.05) is 6.92 Å². The fourth-order valence-corrected chi connectivity index (χ4v) is 3.07. The van der Waals surface area contributed by atoms with Crippen molar-refractivity contribution in [1.82, 2.24) is 9.80 Å². The molecule has 142 valence electrons. The summed E-state index contributed by atoms with van der Waals surface area (Å²) in [4.78, 5) is 28.8. The average Bonchev–Trinajstić information content (AvgIpc) is 2.74. The predicted molar refractivity (Wildman–Crippen MR) is 102 cm³/mol. The minimum Gasteiger partial charge on any atom is -0.497 e. The number of amides is 2. The first-order valence-electron chi connectivity index (χ1n) is 9.08. The maximum Gasteiger partial charge on any atom is 0.253 e. The van der Waals surface area contributed by atoms with E-state index >= 15 is 0 Å². The molecule has 0 saturated carbocycles.